The van der Waals surface area contributed by atoms with Crippen molar-refractivity contribution in [3.05, 3.63) is 134 Å². The van der Waals surface area contributed by atoms with Crippen LogP contribution in [0.2, 0.25) is 0 Å². The fraction of sp³-hybridized carbons (Fsp3) is 0.297. The van der Waals surface area contributed by atoms with Crippen molar-refractivity contribution >= 4 is 17.5 Å². The first-order chi connectivity index (χ1) is 25.4. The molecule has 0 bridgehead atoms. The number of nitrogens with one attached hydrogen (secondary N) is 1. The molecule has 2 atom stereocenters. The molecule has 0 fully saturated rings. The van der Waals surface area contributed by atoms with Crippen molar-refractivity contribution in [2.75, 3.05) is 34.5 Å². The summed E-state index contributed by atoms with van der Waals surface area (Å²) in [5, 5.41) is 19.9. The van der Waals surface area contributed by atoms with Crippen molar-refractivity contribution in [1.29, 1.82) is 0 Å². The molecule has 268 valence electrons. The van der Waals surface area contributed by atoms with Gasteiger partial charge in [-0.25, -0.2) is 4.99 Å². The van der Waals surface area contributed by atoms with Crippen LogP contribution in [0.25, 0.3) is 20.9 Å². The topological polar surface area (TPSA) is 205 Å². The molecule has 1 amide bonds. The third-order valence-corrected chi connectivity index (χ3v) is 8.46. The largest absolute Gasteiger partial charge is 0.494 e. The van der Waals surface area contributed by atoms with E-state index in [-0.39, 0.29) is 37.7 Å². The molecule has 0 saturated carbocycles. The Hall–Kier alpha value is -6.40. The smallest absolute Gasteiger partial charge is 0.252 e. The molecule has 1 aliphatic heterocycles. The molecule has 0 aliphatic carbocycles. The summed E-state index contributed by atoms with van der Waals surface area (Å²) in [6.45, 7) is 0.450. The van der Waals surface area contributed by atoms with Gasteiger partial charge in [0.05, 0.1) is 34.5 Å². The number of benzene rings is 4. The van der Waals surface area contributed by atoms with E-state index >= 15 is 0 Å². The first-order valence-electron chi connectivity index (χ1n) is 16.3. The fourth-order valence-electron chi connectivity index (χ4n) is 5.96. The van der Waals surface area contributed by atoms with Crippen LogP contribution in [-0.2, 0) is 29.0 Å². The van der Waals surface area contributed by atoms with Crippen molar-refractivity contribution in [3.8, 4) is 23.0 Å². The fourth-order valence-corrected chi connectivity index (χ4v) is 5.96. The highest BCUT2D eigenvalue weighted by Gasteiger charge is 2.54. The lowest BCUT2D eigenvalue weighted by Crippen LogP contribution is -2.49. The van der Waals surface area contributed by atoms with Gasteiger partial charge in [-0.2, -0.15) is 0 Å². The average molecular weight is 707 g/mol. The maximum atomic E-state index is 14.9. The maximum absolute atomic E-state index is 14.9. The van der Waals surface area contributed by atoms with Gasteiger partial charge in [0.2, 0.25) is 11.6 Å². The van der Waals surface area contributed by atoms with Gasteiger partial charge in [-0.3, -0.25) is 4.79 Å². The van der Waals surface area contributed by atoms with Gasteiger partial charge >= 0.3 is 0 Å². The van der Waals surface area contributed by atoms with E-state index in [1.807, 2.05) is 24.3 Å². The number of rotatable bonds is 17. The van der Waals surface area contributed by atoms with E-state index in [0.717, 1.165) is 0 Å². The standard InChI is InChI=1S/C37H38N8O7/c1-48-31-19-24(20-32(49-2)33(31)50-3)22-40-36(47)37(21-26-9-4-5-10-27(26)23-41-44-38)34(29-11-6-7-12-30(29)43-45-39)52-35(42-37)25-13-15-28(16-14-25)51-18-8-17-46/h4-7,9-16,19-20,34,46H,8,17-18,21-23H2,1-3H3,(H,40,47)/t34-,37-/m1/s1. The molecule has 2 N–H and O–H groups in total. The number of hydrogen-bond acceptors (Lipinski definition) is 10. The lowest BCUT2D eigenvalue weighted by atomic mass is 9.80. The van der Waals surface area contributed by atoms with Gasteiger partial charge in [-0.15, -0.1) is 0 Å². The summed E-state index contributed by atoms with van der Waals surface area (Å²) >= 11 is 0. The molecule has 4 aromatic carbocycles. The van der Waals surface area contributed by atoms with Gasteiger partial charge in [-0.1, -0.05) is 58.8 Å². The molecule has 0 spiro atoms. The number of hydrogen-bond donors (Lipinski definition) is 2. The minimum Gasteiger partial charge on any atom is -0.494 e. The third-order valence-electron chi connectivity index (χ3n) is 8.46. The maximum Gasteiger partial charge on any atom is 0.252 e. The zero-order valence-electron chi connectivity index (χ0n) is 28.9. The molecule has 15 nitrogen and oxygen atoms in total. The molecule has 4 aromatic rings. The first-order valence-corrected chi connectivity index (χ1v) is 16.3. The van der Waals surface area contributed by atoms with Crippen LogP contribution < -0.4 is 24.3 Å². The van der Waals surface area contributed by atoms with Crippen LogP contribution >= 0.6 is 0 Å². The number of ether oxygens (including phenoxy) is 5. The molecule has 0 radical (unpaired) electrons. The third kappa shape index (κ3) is 8.14. The Morgan fingerprint density at radius 2 is 1.63 bits per heavy atom. The van der Waals surface area contributed by atoms with Gasteiger partial charge in [-0.05, 0) is 64.2 Å². The van der Waals surface area contributed by atoms with Crippen LogP contribution in [0.1, 0.15) is 40.3 Å². The molecule has 15 heteroatoms. The van der Waals surface area contributed by atoms with Gasteiger partial charge in [0, 0.05) is 52.6 Å². The predicted octanol–water partition coefficient (Wildman–Crippen LogP) is 7.04. The lowest BCUT2D eigenvalue weighted by Gasteiger charge is -2.32. The number of nitrogens with zero attached hydrogens (tertiary/aromatic N) is 7. The predicted molar refractivity (Wildman–Crippen MR) is 193 cm³/mol. The van der Waals surface area contributed by atoms with Crippen molar-refractivity contribution in [3.63, 3.8) is 0 Å². The average Bonchev–Trinajstić information content (AvgIpc) is 3.56. The second-order valence-electron chi connectivity index (χ2n) is 11.6. The summed E-state index contributed by atoms with van der Waals surface area (Å²) in [4.78, 5) is 26.0. The highest BCUT2D eigenvalue weighted by molar-refractivity contribution is 6.01. The Kier molecular flexibility index (Phi) is 12.4. The Labute approximate surface area is 300 Å². The Balaban J connectivity index is 1.65. The van der Waals surface area contributed by atoms with Crippen LogP contribution in [0.3, 0.4) is 0 Å². The molecular weight excluding hydrogens is 668 g/mol. The molecule has 0 saturated heterocycles. The first kappa shape index (κ1) is 36.9. The number of aliphatic imine (C=N–C) groups is 1. The Morgan fingerprint density at radius 1 is 0.942 bits per heavy atom. The van der Waals surface area contributed by atoms with E-state index < -0.39 is 17.6 Å². The van der Waals surface area contributed by atoms with Gasteiger partial charge < -0.3 is 34.1 Å². The normalized spacial score (nSPS) is 16.0. The van der Waals surface area contributed by atoms with Crippen molar-refractivity contribution in [2.24, 2.45) is 15.2 Å². The van der Waals surface area contributed by atoms with Crippen LogP contribution in [0.5, 0.6) is 23.0 Å². The van der Waals surface area contributed by atoms with Crippen LogP contribution in [0, 0.1) is 0 Å². The zero-order valence-corrected chi connectivity index (χ0v) is 28.9. The van der Waals surface area contributed by atoms with E-state index in [4.69, 9.17) is 39.3 Å². The van der Waals surface area contributed by atoms with Crippen LogP contribution in [0.4, 0.5) is 5.69 Å². The van der Waals surface area contributed by atoms with Crippen molar-refractivity contribution < 1.29 is 33.6 Å². The number of aliphatic hydroxyl groups is 1. The molecule has 0 unspecified atom stereocenters. The van der Waals surface area contributed by atoms with E-state index in [1.165, 1.54) is 21.3 Å². The Morgan fingerprint density at radius 3 is 2.29 bits per heavy atom. The Bertz CT molecular complexity index is 1980. The number of methoxy groups -OCH3 is 3. The SMILES string of the molecule is COc1cc(CNC(=O)[C@]2(Cc3ccccc3CN=[N+]=[N-])N=C(c3ccc(OCCCO)cc3)O[C@@H]2c2ccccc2N=[N+]=[N-])cc(OC)c1OC. The number of azide groups is 2. The second-order valence-corrected chi connectivity index (χ2v) is 11.6. The highest BCUT2D eigenvalue weighted by Crippen LogP contribution is 2.46. The highest BCUT2D eigenvalue weighted by atomic mass is 16.5. The van der Waals surface area contributed by atoms with E-state index in [9.17, 15) is 10.3 Å². The second kappa shape index (κ2) is 17.5. The number of carbonyl (C=O) groups excluding carboxylic acids is 1. The molecule has 0 aromatic heterocycles. The van der Waals surface area contributed by atoms with Crippen LogP contribution in [0.15, 0.2) is 100 Å². The lowest BCUT2D eigenvalue weighted by molar-refractivity contribution is -0.129. The number of carbonyl (C=O) groups is 1. The summed E-state index contributed by atoms with van der Waals surface area (Å²) < 4.78 is 28.9. The molecular formula is C37H38N8O7. The zero-order chi connectivity index (χ0) is 36.9. The van der Waals surface area contributed by atoms with E-state index in [1.54, 1.807) is 60.7 Å². The van der Waals surface area contributed by atoms with Gasteiger partial charge in [0.1, 0.15) is 5.75 Å². The monoisotopic (exact) mass is 706 g/mol. The summed E-state index contributed by atoms with van der Waals surface area (Å²) in [5.41, 5.74) is 20.2. The van der Waals surface area contributed by atoms with Crippen molar-refractivity contribution in [1.82, 2.24) is 5.32 Å². The summed E-state index contributed by atoms with van der Waals surface area (Å²) in [5.74, 6) is 1.52. The molecule has 1 heterocycles. The summed E-state index contributed by atoms with van der Waals surface area (Å²) in [6, 6.07) is 24.7. The number of amides is 1. The van der Waals surface area contributed by atoms with Crippen LogP contribution in [-0.4, -0.2) is 57.0 Å². The minimum absolute atomic E-state index is 0.0110. The van der Waals surface area contributed by atoms with E-state index in [2.05, 4.69) is 25.4 Å². The molecule has 52 heavy (non-hydrogen) atoms. The van der Waals surface area contributed by atoms with Gasteiger partial charge in [0.25, 0.3) is 5.91 Å². The summed E-state index contributed by atoms with van der Waals surface area (Å²) in [6.07, 6.45) is -0.567. The molecule has 5 rings (SSSR count). The minimum atomic E-state index is -1.67. The number of aliphatic hydroxyl groups excluding tert-OH is 1. The van der Waals surface area contributed by atoms with E-state index in [0.29, 0.717) is 63.8 Å². The quantitative estimate of drug-likeness (QED) is 0.0506. The van der Waals surface area contributed by atoms with Crippen molar-refractivity contribution in [2.45, 2.75) is 37.6 Å². The summed E-state index contributed by atoms with van der Waals surface area (Å²) in [7, 11) is 4.52. The van der Waals surface area contributed by atoms with Gasteiger partial charge in [0.15, 0.2) is 23.1 Å². The molecule has 1 aliphatic rings.